The predicted octanol–water partition coefficient (Wildman–Crippen LogP) is 7.64. The Morgan fingerprint density at radius 3 is 2.62 bits per heavy atom. The molecule has 5 nitrogen and oxygen atoms in total. The van der Waals surface area contributed by atoms with Crippen LogP contribution in [0.3, 0.4) is 0 Å². The molecule has 0 N–H and O–H groups in total. The summed E-state index contributed by atoms with van der Waals surface area (Å²) in [5.41, 5.74) is 2.19. The van der Waals surface area contributed by atoms with Crippen molar-refractivity contribution in [3.05, 3.63) is 81.2 Å². The molecular weight excluding hydrogens is 544 g/mol. The molecule has 2 saturated heterocycles. The van der Waals surface area contributed by atoms with Crippen LogP contribution in [-0.4, -0.2) is 64.0 Å². The van der Waals surface area contributed by atoms with Crippen LogP contribution in [0, 0.1) is 0 Å². The summed E-state index contributed by atoms with van der Waals surface area (Å²) in [6.45, 7) is 3.99. The van der Waals surface area contributed by atoms with Crippen molar-refractivity contribution in [2.45, 2.75) is 50.5 Å². The fourth-order valence-electron chi connectivity index (χ4n) is 6.03. The molecule has 204 valence electrons. The Balaban J connectivity index is 1.29. The lowest BCUT2D eigenvalue weighted by molar-refractivity contribution is 0.0638. The number of piperidine rings is 1. The monoisotopic (exact) mass is 578 g/mol. The van der Waals surface area contributed by atoms with E-state index in [0.717, 1.165) is 55.0 Å². The van der Waals surface area contributed by atoms with Gasteiger partial charge < -0.3 is 9.80 Å². The molecule has 1 unspecified atom stereocenters. The molecule has 0 spiro atoms. The van der Waals surface area contributed by atoms with Crippen molar-refractivity contribution >= 4 is 40.6 Å². The van der Waals surface area contributed by atoms with Gasteiger partial charge in [-0.25, -0.2) is 4.68 Å². The number of amides is 1. The standard InChI is InChI=1S/C31H35ClN4OS2/c1-38-24-9-3-2-8-22(20-24)29-12-13-30(39-29)28-21-26(33-36(28)27-11-5-4-10-25(27)32)31(37)35-18-14-23(15-19-35)34-16-6-7-17-34/h3-5,9-13,20-23H,2,6-8,14-19H2,1H3. The van der Waals surface area contributed by atoms with Gasteiger partial charge in [0.15, 0.2) is 5.69 Å². The van der Waals surface area contributed by atoms with E-state index in [1.54, 1.807) is 23.1 Å². The first-order valence-corrected chi connectivity index (χ1v) is 16.4. The molecular formula is C31H35ClN4OS2. The summed E-state index contributed by atoms with van der Waals surface area (Å²) in [5, 5.41) is 5.48. The van der Waals surface area contributed by atoms with Crippen molar-refractivity contribution in [2.24, 2.45) is 0 Å². The zero-order chi connectivity index (χ0) is 26.8. The Kier molecular flexibility index (Phi) is 8.30. The molecule has 6 rings (SSSR count). The number of para-hydroxylation sites is 1. The number of carbonyl (C=O) groups excluding carboxylic acids is 1. The maximum Gasteiger partial charge on any atom is 0.274 e. The van der Waals surface area contributed by atoms with E-state index in [1.807, 2.05) is 39.9 Å². The molecule has 8 heteroatoms. The predicted molar refractivity (Wildman–Crippen MR) is 164 cm³/mol. The van der Waals surface area contributed by atoms with Crippen molar-refractivity contribution in [3.63, 3.8) is 0 Å². The Morgan fingerprint density at radius 1 is 1.05 bits per heavy atom. The molecule has 2 fully saturated rings. The summed E-state index contributed by atoms with van der Waals surface area (Å²) in [5.74, 6) is 0.400. The van der Waals surface area contributed by atoms with Crippen molar-refractivity contribution in [1.29, 1.82) is 0 Å². The molecule has 1 aliphatic carbocycles. The summed E-state index contributed by atoms with van der Waals surface area (Å²) < 4.78 is 1.86. The van der Waals surface area contributed by atoms with Crippen LogP contribution in [0.2, 0.25) is 5.02 Å². The maximum atomic E-state index is 13.7. The van der Waals surface area contributed by atoms with Gasteiger partial charge in [0.1, 0.15) is 0 Å². The maximum absolute atomic E-state index is 13.7. The highest BCUT2D eigenvalue weighted by Gasteiger charge is 2.30. The number of nitrogens with zero attached hydrogens (tertiary/aromatic N) is 4. The van der Waals surface area contributed by atoms with Gasteiger partial charge in [-0.05, 0) is 88.2 Å². The fraction of sp³-hybridized carbons (Fsp3) is 0.419. The Bertz CT molecular complexity index is 1380. The molecule has 0 radical (unpaired) electrons. The summed E-state index contributed by atoms with van der Waals surface area (Å²) in [6.07, 6.45) is 15.9. The first kappa shape index (κ1) is 26.9. The van der Waals surface area contributed by atoms with Crippen LogP contribution >= 0.6 is 34.7 Å². The molecule has 2 aliphatic heterocycles. The second kappa shape index (κ2) is 12.0. The average Bonchev–Trinajstić information content (AvgIpc) is 3.72. The van der Waals surface area contributed by atoms with Gasteiger partial charge in [0.05, 0.1) is 21.3 Å². The number of allylic oxidation sites excluding steroid dienone is 3. The van der Waals surface area contributed by atoms with Crippen molar-refractivity contribution < 1.29 is 4.79 Å². The van der Waals surface area contributed by atoms with Gasteiger partial charge in [0.25, 0.3) is 5.91 Å². The first-order chi connectivity index (χ1) is 19.1. The Hall–Kier alpha value is -2.32. The van der Waals surface area contributed by atoms with E-state index in [-0.39, 0.29) is 5.91 Å². The summed E-state index contributed by atoms with van der Waals surface area (Å²) in [6, 6.07) is 14.7. The van der Waals surface area contributed by atoms with Gasteiger partial charge in [-0.15, -0.1) is 23.1 Å². The van der Waals surface area contributed by atoms with Crippen LogP contribution in [0.4, 0.5) is 0 Å². The second-order valence-electron chi connectivity index (χ2n) is 10.6. The number of carbonyl (C=O) groups is 1. The Morgan fingerprint density at radius 2 is 1.85 bits per heavy atom. The lowest BCUT2D eigenvalue weighted by Crippen LogP contribution is -2.46. The SMILES string of the molecule is CSC1=CC(c2ccc(-c3cc(C(=O)N4CCC(N5CCCC5)CC4)nn3-c3ccccc3Cl)s2)CCC=C1. The van der Waals surface area contributed by atoms with Crippen LogP contribution in [0.25, 0.3) is 16.3 Å². The number of halogens is 1. The smallest absolute Gasteiger partial charge is 0.274 e. The minimum atomic E-state index is 0.0149. The minimum absolute atomic E-state index is 0.0149. The normalized spacial score (nSPS) is 20.8. The zero-order valence-electron chi connectivity index (χ0n) is 22.4. The van der Waals surface area contributed by atoms with E-state index in [9.17, 15) is 4.79 Å². The number of aromatic nitrogens is 2. The van der Waals surface area contributed by atoms with Gasteiger partial charge in [-0.2, -0.15) is 5.10 Å². The third-order valence-electron chi connectivity index (χ3n) is 8.19. The van der Waals surface area contributed by atoms with Gasteiger partial charge in [-0.3, -0.25) is 4.79 Å². The molecule has 0 saturated carbocycles. The quantitative estimate of drug-likeness (QED) is 0.301. The molecule has 1 amide bonds. The van der Waals surface area contributed by atoms with Gasteiger partial charge >= 0.3 is 0 Å². The number of benzene rings is 1. The zero-order valence-corrected chi connectivity index (χ0v) is 24.8. The highest BCUT2D eigenvalue weighted by molar-refractivity contribution is 8.02. The number of hydrogen-bond acceptors (Lipinski definition) is 5. The van der Waals surface area contributed by atoms with Crippen molar-refractivity contribution in [3.8, 4) is 16.3 Å². The van der Waals surface area contributed by atoms with E-state index >= 15 is 0 Å². The summed E-state index contributed by atoms with van der Waals surface area (Å²) >= 11 is 10.2. The van der Waals surface area contributed by atoms with E-state index in [1.165, 1.54) is 35.7 Å². The molecule has 3 aromatic rings. The number of hydrogen-bond donors (Lipinski definition) is 0. The molecule has 0 bridgehead atoms. The van der Waals surface area contributed by atoms with Crippen LogP contribution in [0.15, 0.2) is 65.6 Å². The number of rotatable bonds is 6. The largest absolute Gasteiger partial charge is 0.337 e. The van der Waals surface area contributed by atoms with E-state index in [2.05, 4.69) is 41.5 Å². The molecule has 1 atom stereocenters. The molecule has 39 heavy (non-hydrogen) atoms. The van der Waals surface area contributed by atoms with Gasteiger partial charge in [0.2, 0.25) is 0 Å². The van der Waals surface area contributed by atoms with E-state index < -0.39 is 0 Å². The number of thiophene rings is 1. The molecule has 1 aromatic carbocycles. The highest BCUT2D eigenvalue weighted by Crippen LogP contribution is 2.39. The van der Waals surface area contributed by atoms with Gasteiger partial charge in [-0.1, -0.05) is 42.0 Å². The number of thioether (sulfide) groups is 1. The average molecular weight is 579 g/mol. The summed E-state index contributed by atoms with van der Waals surface area (Å²) in [4.78, 5) is 22.0. The third-order valence-corrected chi connectivity index (χ3v) is 10.5. The lowest BCUT2D eigenvalue weighted by Gasteiger charge is -2.36. The van der Waals surface area contributed by atoms with E-state index in [0.29, 0.717) is 22.7 Å². The highest BCUT2D eigenvalue weighted by atomic mass is 35.5. The Labute approximate surface area is 244 Å². The molecule has 3 aliphatic rings. The second-order valence-corrected chi connectivity index (χ2v) is 13.0. The molecule has 4 heterocycles. The minimum Gasteiger partial charge on any atom is -0.337 e. The lowest BCUT2D eigenvalue weighted by atomic mass is 10.0. The van der Waals surface area contributed by atoms with Gasteiger partial charge in [0, 0.05) is 34.8 Å². The van der Waals surface area contributed by atoms with Crippen molar-refractivity contribution in [1.82, 2.24) is 19.6 Å². The van der Waals surface area contributed by atoms with Crippen LogP contribution in [-0.2, 0) is 0 Å². The van der Waals surface area contributed by atoms with E-state index in [4.69, 9.17) is 16.7 Å². The van der Waals surface area contributed by atoms with Crippen molar-refractivity contribution in [2.75, 3.05) is 32.4 Å². The third kappa shape index (κ3) is 5.78. The molecule has 2 aromatic heterocycles. The van der Waals surface area contributed by atoms with Crippen LogP contribution < -0.4 is 0 Å². The fourth-order valence-corrected chi connectivity index (χ4v) is 7.90. The van der Waals surface area contributed by atoms with Crippen LogP contribution in [0.5, 0.6) is 0 Å². The summed E-state index contributed by atoms with van der Waals surface area (Å²) in [7, 11) is 0. The number of likely N-dealkylation sites (tertiary alicyclic amines) is 2. The topological polar surface area (TPSA) is 41.4 Å². The van der Waals surface area contributed by atoms with Crippen LogP contribution in [0.1, 0.15) is 59.8 Å². The first-order valence-electron chi connectivity index (χ1n) is 14.0.